The third kappa shape index (κ3) is 2.15. The average Bonchev–Trinajstić information content (AvgIpc) is 2.15. The highest BCUT2D eigenvalue weighted by atomic mass is 16.5. The van der Waals surface area contributed by atoms with E-state index in [1.807, 2.05) is 0 Å². The van der Waals surface area contributed by atoms with Crippen molar-refractivity contribution in [3.05, 3.63) is 0 Å². The summed E-state index contributed by atoms with van der Waals surface area (Å²) in [4.78, 5) is 0. The Morgan fingerprint density at radius 2 is 1.92 bits per heavy atom. The third-order valence-electron chi connectivity index (χ3n) is 2.08. The largest absolute Gasteiger partial charge is 0.390 e. The first-order valence-electron chi connectivity index (χ1n) is 3.93. The molecule has 0 aromatic carbocycles. The molecule has 1 aliphatic rings. The highest BCUT2D eigenvalue weighted by molar-refractivity contribution is 4.79. The van der Waals surface area contributed by atoms with Crippen molar-refractivity contribution in [2.75, 3.05) is 13.2 Å². The number of aliphatic hydroxyl groups excluding tert-OH is 3. The van der Waals surface area contributed by atoms with Gasteiger partial charge < -0.3 is 25.2 Å². The minimum atomic E-state index is -1.65. The maximum absolute atomic E-state index is 9.34. The first kappa shape index (κ1) is 9.88. The number of aliphatic hydroxyl groups is 4. The van der Waals surface area contributed by atoms with Crippen LogP contribution in [0.3, 0.4) is 0 Å². The van der Waals surface area contributed by atoms with Gasteiger partial charge in [0.05, 0.1) is 24.7 Å². The van der Waals surface area contributed by atoms with Gasteiger partial charge in [-0.25, -0.2) is 0 Å². The SMILES string of the molecule is OC(O)C1COCCC(O)C1O. The molecule has 5 nitrogen and oxygen atoms in total. The molecule has 1 fully saturated rings. The molecule has 1 aliphatic heterocycles. The van der Waals surface area contributed by atoms with E-state index in [0.29, 0.717) is 13.0 Å². The summed E-state index contributed by atoms with van der Waals surface area (Å²) in [5.74, 6) is -0.817. The summed E-state index contributed by atoms with van der Waals surface area (Å²) < 4.78 is 4.97. The van der Waals surface area contributed by atoms with Gasteiger partial charge in [-0.2, -0.15) is 0 Å². The van der Waals surface area contributed by atoms with Crippen LogP contribution in [0.2, 0.25) is 0 Å². The Kier molecular flexibility index (Phi) is 3.42. The molecule has 1 rings (SSSR count). The van der Waals surface area contributed by atoms with Crippen molar-refractivity contribution in [2.24, 2.45) is 5.92 Å². The van der Waals surface area contributed by atoms with Crippen molar-refractivity contribution in [2.45, 2.75) is 24.9 Å². The lowest BCUT2D eigenvalue weighted by molar-refractivity contribution is -0.146. The van der Waals surface area contributed by atoms with Crippen LogP contribution in [-0.2, 0) is 4.74 Å². The molecule has 0 amide bonds. The normalized spacial score (nSPS) is 38.2. The van der Waals surface area contributed by atoms with E-state index < -0.39 is 24.4 Å². The molecule has 5 heteroatoms. The Morgan fingerprint density at radius 3 is 2.50 bits per heavy atom. The predicted molar refractivity (Wildman–Crippen MR) is 39.2 cm³/mol. The molecule has 0 aliphatic carbocycles. The van der Waals surface area contributed by atoms with Gasteiger partial charge in [0.25, 0.3) is 0 Å². The molecule has 3 unspecified atom stereocenters. The number of rotatable bonds is 1. The van der Waals surface area contributed by atoms with Crippen molar-refractivity contribution in [1.82, 2.24) is 0 Å². The second kappa shape index (κ2) is 4.15. The van der Waals surface area contributed by atoms with Gasteiger partial charge in [0.2, 0.25) is 0 Å². The summed E-state index contributed by atoms with van der Waals surface area (Å²) in [6.07, 6.45) is -3.37. The van der Waals surface area contributed by atoms with E-state index in [-0.39, 0.29) is 6.61 Å². The summed E-state index contributed by atoms with van der Waals surface area (Å²) in [6.45, 7) is 0.400. The van der Waals surface area contributed by atoms with Crippen LogP contribution in [0.4, 0.5) is 0 Å². The summed E-state index contributed by atoms with van der Waals surface area (Å²) in [7, 11) is 0. The van der Waals surface area contributed by atoms with E-state index in [1.165, 1.54) is 0 Å². The highest BCUT2D eigenvalue weighted by Crippen LogP contribution is 2.17. The van der Waals surface area contributed by atoms with Crippen molar-refractivity contribution in [3.63, 3.8) is 0 Å². The monoisotopic (exact) mass is 178 g/mol. The highest BCUT2D eigenvalue weighted by Gasteiger charge is 2.33. The lowest BCUT2D eigenvalue weighted by atomic mass is 9.97. The molecule has 0 bridgehead atoms. The molecular formula is C7H14O5. The summed E-state index contributed by atoms with van der Waals surface area (Å²) in [5.41, 5.74) is 0. The van der Waals surface area contributed by atoms with Gasteiger partial charge >= 0.3 is 0 Å². The quantitative estimate of drug-likeness (QED) is 0.351. The Hall–Kier alpha value is -0.200. The van der Waals surface area contributed by atoms with Gasteiger partial charge in [-0.05, 0) is 6.42 Å². The Morgan fingerprint density at radius 1 is 1.25 bits per heavy atom. The van der Waals surface area contributed by atoms with Crippen molar-refractivity contribution in [3.8, 4) is 0 Å². The van der Waals surface area contributed by atoms with Gasteiger partial charge in [0.1, 0.15) is 0 Å². The van der Waals surface area contributed by atoms with E-state index >= 15 is 0 Å². The van der Waals surface area contributed by atoms with Crippen LogP contribution in [0.1, 0.15) is 6.42 Å². The molecule has 3 atom stereocenters. The standard InChI is InChI=1S/C7H14O5/c8-5-1-2-12-3-4(6(5)9)7(10)11/h4-11H,1-3H2. The van der Waals surface area contributed by atoms with Crippen LogP contribution in [0.25, 0.3) is 0 Å². The molecule has 0 radical (unpaired) electrons. The van der Waals surface area contributed by atoms with Gasteiger partial charge in [0.15, 0.2) is 6.29 Å². The summed E-state index contributed by atoms with van der Waals surface area (Å²) in [6, 6.07) is 0. The molecule has 72 valence electrons. The minimum absolute atomic E-state index is 0.0654. The second-order valence-corrected chi connectivity index (χ2v) is 3.00. The van der Waals surface area contributed by atoms with Crippen LogP contribution < -0.4 is 0 Å². The minimum Gasteiger partial charge on any atom is -0.390 e. The molecule has 1 saturated heterocycles. The van der Waals surface area contributed by atoms with Gasteiger partial charge in [-0.1, -0.05) is 0 Å². The van der Waals surface area contributed by atoms with Crippen LogP contribution in [0.5, 0.6) is 0 Å². The van der Waals surface area contributed by atoms with Gasteiger partial charge in [-0.3, -0.25) is 0 Å². The molecule has 0 saturated carbocycles. The fourth-order valence-electron chi connectivity index (χ4n) is 1.24. The molecular weight excluding hydrogens is 164 g/mol. The molecule has 1 heterocycles. The van der Waals surface area contributed by atoms with Crippen LogP contribution >= 0.6 is 0 Å². The van der Waals surface area contributed by atoms with Crippen LogP contribution in [0, 0.1) is 5.92 Å². The Labute approximate surface area is 70.2 Å². The molecule has 0 spiro atoms. The Bertz CT molecular complexity index is 138. The first-order valence-corrected chi connectivity index (χ1v) is 3.93. The topological polar surface area (TPSA) is 90.2 Å². The van der Waals surface area contributed by atoms with E-state index in [0.717, 1.165) is 0 Å². The molecule has 0 aromatic rings. The number of hydrogen-bond donors (Lipinski definition) is 4. The second-order valence-electron chi connectivity index (χ2n) is 3.00. The van der Waals surface area contributed by atoms with E-state index in [1.54, 1.807) is 0 Å². The zero-order valence-electron chi connectivity index (χ0n) is 6.63. The zero-order chi connectivity index (χ0) is 9.14. The molecule has 12 heavy (non-hydrogen) atoms. The first-order chi connectivity index (χ1) is 5.63. The van der Waals surface area contributed by atoms with E-state index in [9.17, 15) is 10.2 Å². The fraction of sp³-hybridized carbons (Fsp3) is 1.00. The van der Waals surface area contributed by atoms with Crippen molar-refractivity contribution in [1.29, 1.82) is 0 Å². The fourth-order valence-corrected chi connectivity index (χ4v) is 1.24. The Balaban J connectivity index is 2.58. The smallest absolute Gasteiger partial charge is 0.159 e. The van der Waals surface area contributed by atoms with Crippen LogP contribution in [-0.4, -0.2) is 52.1 Å². The third-order valence-corrected chi connectivity index (χ3v) is 2.08. The number of ether oxygens (including phenoxy) is 1. The molecule has 4 N–H and O–H groups in total. The van der Waals surface area contributed by atoms with Crippen molar-refractivity contribution < 1.29 is 25.2 Å². The van der Waals surface area contributed by atoms with Gasteiger partial charge in [0, 0.05) is 6.61 Å². The zero-order valence-corrected chi connectivity index (χ0v) is 6.63. The lowest BCUT2D eigenvalue weighted by Gasteiger charge is -2.23. The lowest BCUT2D eigenvalue weighted by Crippen LogP contribution is -2.40. The summed E-state index contributed by atoms with van der Waals surface area (Å²) in [5, 5.41) is 36.2. The van der Waals surface area contributed by atoms with Crippen molar-refractivity contribution >= 4 is 0 Å². The van der Waals surface area contributed by atoms with E-state index in [2.05, 4.69) is 0 Å². The maximum atomic E-state index is 9.34. The van der Waals surface area contributed by atoms with Gasteiger partial charge in [-0.15, -0.1) is 0 Å². The maximum Gasteiger partial charge on any atom is 0.159 e. The van der Waals surface area contributed by atoms with E-state index in [4.69, 9.17) is 14.9 Å². The average molecular weight is 178 g/mol. The number of hydrogen-bond acceptors (Lipinski definition) is 5. The van der Waals surface area contributed by atoms with Crippen LogP contribution in [0.15, 0.2) is 0 Å². The summed E-state index contributed by atoms with van der Waals surface area (Å²) >= 11 is 0. The predicted octanol–water partition coefficient (Wildman–Crippen LogP) is -1.94. The molecule has 0 aromatic heterocycles.